The number of hydrogen-bond acceptors (Lipinski definition) is 5. The van der Waals surface area contributed by atoms with E-state index in [9.17, 15) is 4.39 Å². The van der Waals surface area contributed by atoms with Gasteiger partial charge in [-0.25, -0.2) is 9.37 Å². The van der Waals surface area contributed by atoms with Crippen LogP contribution in [0.3, 0.4) is 0 Å². The minimum atomic E-state index is -0.330. The van der Waals surface area contributed by atoms with Crippen molar-refractivity contribution in [2.24, 2.45) is 0 Å². The van der Waals surface area contributed by atoms with Crippen LogP contribution >= 0.6 is 0 Å². The summed E-state index contributed by atoms with van der Waals surface area (Å²) >= 11 is 0. The van der Waals surface area contributed by atoms with Gasteiger partial charge in [0.1, 0.15) is 11.6 Å². The minimum Gasteiger partial charge on any atom is -0.367 e. The third-order valence-electron chi connectivity index (χ3n) is 4.24. The Hall–Kier alpha value is -2.76. The summed E-state index contributed by atoms with van der Waals surface area (Å²) in [6, 6.07) is 10.3. The van der Waals surface area contributed by atoms with Gasteiger partial charge in [0.25, 0.3) is 5.89 Å². The fraction of sp³-hybridized carbons (Fsp3) is 0.278. The predicted octanol–water partition coefficient (Wildman–Crippen LogP) is 4.29. The lowest BCUT2D eigenvalue weighted by molar-refractivity contribution is 0.432. The van der Waals surface area contributed by atoms with Crippen LogP contribution in [-0.4, -0.2) is 21.2 Å². The van der Waals surface area contributed by atoms with Crippen LogP contribution in [0, 0.1) is 5.82 Å². The average molecular weight is 324 g/mol. The molecule has 0 spiro atoms. The van der Waals surface area contributed by atoms with Crippen molar-refractivity contribution in [3.63, 3.8) is 0 Å². The molecule has 3 aromatic rings. The molecule has 1 N–H and O–H groups in total. The molecule has 0 unspecified atom stereocenters. The number of pyridine rings is 1. The lowest BCUT2D eigenvalue weighted by atomic mass is 10.2. The van der Waals surface area contributed by atoms with Crippen molar-refractivity contribution in [3.05, 3.63) is 48.4 Å². The van der Waals surface area contributed by atoms with Crippen molar-refractivity contribution in [1.29, 1.82) is 0 Å². The SMILES string of the molecule is Fc1cccc(-c2noc(-c3cccnc3NC3CCCC3)n2)c1. The summed E-state index contributed by atoms with van der Waals surface area (Å²) in [6.07, 6.45) is 6.52. The maximum atomic E-state index is 13.4. The number of rotatable bonds is 4. The van der Waals surface area contributed by atoms with Crippen LogP contribution in [0.2, 0.25) is 0 Å². The summed E-state index contributed by atoms with van der Waals surface area (Å²) in [4.78, 5) is 8.82. The first-order valence-corrected chi connectivity index (χ1v) is 8.11. The smallest absolute Gasteiger partial charge is 0.261 e. The quantitative estimate of drug-likeness (QED) is 0.775. The molecule has 1 aliphatic rings. The second-order valence-corrected chi connectivity index (χ2v) is 5.96. The Balaban J connectivity index is 1.64. The van der Waals surface area contributed by atoms with Crippen LogP contribution < -0.4 is 5.32 Å². The fourth-order valence-corrected chi connectivity index (χ4v) is 3.03. The number of halogens is 1. The van der Waals surface area contributed by atoms with Crippen molar-refractivity contribution in [2.45, 2.75) is 31.7 Å². The average Bonchev–Trinajstić information content (AvgIpc) is 3.27. The number of benzene rings is 1. The standard InChI is InChI=1S/C18H17FN4O/c19-13-6-3-5-12(11-13)16-22-18(24-23-16)15-9-4-10-20-17(15)21-14-7-1-2-8-14/h3-6,9-11,14H,1-2,7-8H2,(H,20,21). The first kappa shape index (κ1) is 14.8. The van der Waals surface area contributed by atoms with E-state index >= 15 is 0 Å². The Bertz CT molecular complexity index is 842. The van der Waals surface area contributed by atoms with Gasteiger partial charge < -0.3 is 9.84 Å². The molecule has 1 aromatic carbocycles. The molecule has 122 valence electrons. The van der Waals surface area contributed by atoms with E-state index in [-0.39, 0.29) is 5.82 Å². The highest BCUT2D eigenvalue weighted by Gasteiger charge is 2.19. The van der Waals surface area contributed by atoms with Crippen LogP contribution in [0.4, 0.5) is 10.2 Å². The Morgan fingerprint density at radius 2 is 2.00 bits per heavy atom. The van der Waals surface area contributed by atoms with Crippen molar-refractivity contribution in [1.82, 2.24) is 15.1 Å². The van der Waals surface area contributed by atoms with E-state index in [4.69, 9.17) is 4.52 Å². The van der Waals surface area contributed by atoms with Crippen molar-refractivity contribution in [2.75, 3.05) is 5.32 Å². The molecule has 0 amide bonds. The van der Waals surface area contributed by atoms with Gasteiger partial charge in [0, 0.05) is 17.8 Å². The molecule has 1 fully saturated rings. The molecule has 0 atom stereocenters. The zero-order valence-corrected chi connectivity index (χ0v) is 13.1. The molecule has 0 radical (unpaired) electrons. The van der Waals surface area contributed by atoms with Gasteiger partial charge in [0.15, 0.2) is 0 Å². The monoisotopic (exact) mass is 324 g/mol. The Morgan fingerprint density at radius 3 is 2.83 bits per heavy atom. The van der Waals surface area contributed by atoms with E-state index in [1.165, 1.54) is 25.0 Å². The highest BCUT2D eigenvalue weighted by atomic mass is 19.1. The van der Waals surface area contributed by atoms with Crippen LogP contribution in [-0.2, 0) is 0 Å². The van der Waals surface area contributed by atoms with E-state index in [0.29, 0.717) is 23.3 Å². The summed E-state index contributed by atoms with van der Waals surface area (Å²) in [7, 11) is 0. The third-order valence-corrected chi connectivity index (χ3v) is 4.24. The second kappa shape index (κ2) is 6.39. The number of anilines is 1. The maximum absolute atomic E-state index is 13.4. The zero-order chi connectivity index (χ0) is 16.4. The first-order valence-electron chi connectivity index (χ1n) is 8.11. The van der Waals surface area contributed by atoms with E-state index < -0.39 is 0 Å². The highest BCUT2D eigenvalue weighted by molar-refractivity contribution is 5.70. The Morgan fingerprint density at radius 1 is 1.12 bits per heavy atom. The van der Waals surface area contributed by atoms with Gasteiger partial charge >= 0.3 is 0 Å². The lowest BCUT2D eigenvalue weighted by Gasteiger charge is -2.14. The van der Waals surface area contributed by atoms with Crippen LogP contribution in [0.25, 0.3) is 22.8 Å². The number of nitrogens with one attached hydrogen (secondary N) is 1. The largest absolute Gasteiger partial charge is 0.367 e. The van der Waals surface area contributed by atoms with Gasteiger partial charge in [-0.3, -0.25) is 0 Å². The van der Waals surface area contributed by atoms with E-state index in [2.05, 4.69) is 20.4 Å². The predicted molar refractivity (Wildman–Crippen MR) is 88.8 cm³/mol. The van der Waals surface area contributed by atoms with Crippen molar-refractivity contribution < 1.29 is 8.91 Å². The second-order valence-electron chi connectivity index (χ2n) is 5.96. The molecule has 6 heteroatoms. The highest BCUT2D eigenvalue weighted by Crippen LogP contribution is 2.29. The Kier molecular flexibility index (Phi) is 3.94. The number of hydrogen-bond donors (Lipinski definition) is 1. The summed E-state index contributed by atoms with van der Waals surface area (Å²) in [5.41, 5.74) is 1.35. The van der Waals surface area contributed by atoms with Gasteiger partial charge in [-0.15, -0.1) is 0 Å². The molecule has 4 rings (SSSR count). The van der Waals surface area contributed by atoms with Crippen LogP contribution in [0.15, 0.2) is 47.1 Å². The zero-order valence-electron chi connectivity index (χ0n) is 13.1. The van der Waals surface area contributed by atoms with E-state index in [1.54, 1.807) is 18.3 Å². The summed E-state index contributed by atoms with van der Waals surface area (Å²) in [5, 5.41) is 7.44. The van der Waals surface area contributed by atoms with Crippen LogP contribution in [0.5, 0.6) is 0 Å². The third kappa shape index (κ3) is 2.99. The van der Waals surface area contributed by atoms with E-state index in [1.807, 2.05) is 12.1 Å². The molecule has 2 heterocycles. The first-order chi connectivity index (χ1) is 11.8. The van der Waals surface area contributed by atoms with Crippen LogP contribution in [0.1, 0.15) is 25.7 Å². The van der Waals surface area contributed by atoms with Gasteiger partial charge in [-0.2, -0.15) is 4.98 Å². The molecule has 0 aliphatic heterocycles. The van der Waals surface area contributed by atoms with Gasteiger partial charge in [0.05, 0.1) is 5.56 Å². The van der Waals surface area contributed by atoms with Gasteiger partial charge in [-0.05, 0) is 37.1 Å². The summed E-state index contributed by atoms with van der Waals surface area (Å²) < 4.78 is 18.8. The summed E-state index contributed by atoms with van der Waals surface area (Å²) in [6.45, 7) is 0. The number of nitrogens with zero attached hydrogens (tertiary/aromatic N) is 3. The molecule has 1 aliphatic carbocycles. The molecule has 1 saturated carbocycles. The molecule has 5 nitrogen and oxygen atoms in total. The van der Waals surface area contributed by atoms with Crippen molar-refractivity contribution in [3.8, 4) is 22.8 Å². The minimum absolute atomic E-state index is 0.330. The molecule has 0 saturated heterocycles. The summed E-state index contributed by atoms with van der Waals surface area (Å²) in [5.74, 6) is 1.16. The van der Waals surface area contributed by atoms with Gasteiger partial charge in [0.2, 0.25) is 5.82 Å². The molecule has 2 aromatic heterocycles. The molecule has 24 heavy (non-hydrogen) atoms. The van der Waals surface area contributed by atoms with Gasteiger partial charge in [-0.1, -0.05) is 30.1 Å². The number of aromatic nitrogens is 3. The lowest BCUT2D eigenvalue weighted by Crippen LogP contribution is -2.16. The maximum Gasteiger partial charge on any atom is 0.261 e. The van der Waals surface area contributed by atoms with E-state index in [0.717, 1.165) is 24.2 Å². The Labute approximate surface area is 138 Å². The molecular weight excluding hydrogens is 307 g/mol. The molecular formula is C18H17FN4O. The topological polar surface area (TPSA) is 63.8 Å². The fourth-order valence-electron chi connectivity index (χ4n) is 3.03. The normalized spacial score (nSPS) is 14.9. The van der Waals surface area contributed by atoms with Crippen molar-refractivity contribution >= 4 is 5.82 Å². The molecule has 0 bridgehead atoms.